The fourth-order valence-corrected chi connectivity index (χ4v) is 2.67. The molecule has 0 fully saturated rings. The van der Waals surface area contributed by atoms with Gasteiger partial charge in [0.1, 0.15) is 23.1 Å². The lowest BCUT2D eigenvalue weighted by Crippen LogP contribution is -2.34. The Bertz CT molecular complexity index is 906. The maximum absolute atomic E-state index is 13.2. The third-order valence-electron chi connectivity index (χ3n) is 4.04. The van der Waals surface area contributed by atoms with Gasteiger partial charge in [0.2, 0.25) is 0 Å². The summed E-state index contributed by atoms with van der Waals surface area (Å²) in [6.45, 7) is 2.46. The number of benzene rings is 2. The molecule has 0 aliphatic carbocycles. The Labute approximate surface area is 157 Å². The number of methoxy groups -OCH3 is 1. The maximum atomic E-state index is 13.2. The normalized spacial score (nSPS) is 10.5. The molecule has 3 aromatic rings. The molecule has 0 saturated heterocycles. The molecule has 0 unspecified atom stereocenters. The van der Waals surface area contributed by atoms with Crippen LogP contribution < -0.4 is 10.1 Å². The first-order chi connectivity index (χ1) is 13.0. The van der Waals surface area contributed by atoms with E-state index in [1.54, 1.807) is 48.4 Å². The molecule has 1 heterocycles. The Kier molecular flexibility index (Phi) is 5.76. The van der Waals surface area contributed by atoms with E-state index in [0.717, 1.165) is 11.3 Å². The van der Waals surface area contributed by atoms with Crippen molar-refractivity contribution in [2.75, 3.05) is 12.4 Å². The number of aryl methyl sites for hydroxylation is 1. The van der Waals surface area contributed by atoms with Crippen LogP contribution in [0.5, 0.6) is 5.75 Å². The molecule has 2 amide bonds. The summed E-state index contributed by atoms with van der Waals surface area (Å²) in [5, 5.41) is 2.87. The highest BCUT2D eigenvalue weighted by Gasteiger charge is 2.17. The van der Waals surface area contributed by atoms with E-state index >= 15 is 0 Å². The molecule has 0 bridgehead atoms. The van der Waals surface area contributed by atoms with Gasteiger partial charge >= 0.3 is 6.03 Å². The van der Waals surface area contributed by atoms with Crippen molar-refractivity contribution in [3.8, 4) is 5.75 Å². The first kappa shape index (κ1) is 18.5. The van der Waals surface area contributed by atoms with Gasteiger partial charge in [0.25, 0.3) is 0 Å². The summed E-state index contributed by atoms with van der Waals surface area (Å²) in [6.07, 6.45) is 0. The highest BCUT2D eigenvalue weighted by Crippen LogP contribution is 2.19. The Balaban J connectivity index is 1.78. The number of hydrogen-bond donors (Lipinski definition) is 1. The molecular formula is C21H21FN2O3. The van der Waals surface area contributed by atoms with Gasteiger partial charge in [-0.15, -0.1) is 0 Å². The SMILES string of the molecule is COc1cccc(NC(=O)N(Cc2ccc(F)cc2)Cc2ccc(C)o2)c1. The molecule has 2 aromatic carbocycles. The average molecular weight is 368 g/mol. The van der Waals surface area contributed by atoms with Crippen LogP contribution in [0.4, 0.5) is 14.9 Å². The van der Waals surface area contributed by atoms with E-state index in [-0.39, 0.29) is 11.8 Å². The van der Waals surface area contributed by atoms with E-state index < -0.39 is 0 Å². The minimum absolute atomic E-state index is 0.290. The number of carbonyl (C=O) groups is 1. The summed E-state index contributed by atoms with van der Waals surface area (Å²) >= 11 is 0. The third-order valence-corrected chi connectivity index (χ3v) is 4.04. The van der Waals surface area contributed by atoms with Crippen molar-refractivity contribution in [1.82, 2.24) is 4.90 Å². The number of rotatable bonds is 6. The largest absolute Gasteiger partial charge is 0.497 e. The second-order valence-electron chi connectivity index (χ2n) is 6.16. The van der Waals surface area contributed by atoms with Crippen molar-refractivity contribution in [2.45, 2.75) is 20.0 Å². The standard InChI is InChI=1S/C21H21FN2O3/c1-15-6-11-20(27-15)14-24(13-16-7-9-17(22)10-8-16)21(25)23-18-4-3-5-19(12-18)26-2/h3-12H,13-14H2,1-2H3,(H,23,25). The van der Waals surface area contributed by atoms with Crippen LogP contribution in [0.3, 0.4) is 0 Å². The molecule has 6 heteroatoms. The van der Waals surface area contributed by atoms with Crippen LogP contribution in [0, 0.1) is 12.7 Å². The van der Waals surface area contributed by atoms with Crippen molar-refractivity contribution in [3.63, 3.8) is 0 Å². The van der Waals surface area contributed by atoms with Gasteiger partial charge in [-0.1, -0.05) is 18.2 Å². The molecule has 0 aliphatic heterocycles. The van der Waals surface area contributed by atoms with Crippen molar-refractivity contribution in [2.24, 2.45) is 0 Å². The van der Waals surface area contributed by atoms with Gasteiger partial charge in [0, 0.05) is 18.3 Å². The fraction of sp³-hybridized carbons (Fsp3) is 0.190. The molecule has 5 nitrogen and oxygen atoms in total. The number of amides is 2. The molecule has 0 atom stereocenters. The minimum Gasteiger partial charge on any atom is -0.497 e. The Morgan fingerprint density at radius 2 is 1.89 bits per heavy atom. The second kappa shape index (κ2) is 8.40. The monoisotopic (exact) mass is 368 g/mol. The second-order valence-corrected chi connectivity index (χ2v) is 6.16. The molecule has 0 spiro atoms. The summed E-state index contributed by atoms with van der Waals surface area (Å²) < 4.78 is 24.0. The topological polar surface area (TPSA) is 54.7 Å². The highest BCUT2D eigenvalue weighted by molar-refractivity contribution is 5.89. The molecule has 27 heavy (non-hydrogen) atoms. The zero-order valence-electron chi connectivity index (χ0n) is 15.2. The van der Waals surface area contributed by atoms with Crippen LogP contribution in [-0.2, 0) is 13.1 Å². The predicted octanol–water partition coefficient (Wildman–Crippen LogP) is 4.97. The quantitative estimate of drug-likeness (QED) is 0.668. The number of nitrogens with one attached hydrogen (secondary N) is 1. The van der Waals surface area contributed by atoms with E-state index in [1.807, 2.05) is 19.1 Å². The fourth-order valence-electron chi connectivity index (χ4n) is 2.67. The van der Waals surface area contributed by atoms with Crippen molar-refractivity contribution in [1.29, 1.82) is 0 Å². The zero-order chi connectivity index (χ0) is 19.2. The number of urea groups is 1. The number of anilines is 1. The predicted molar refractivity (Wildman–Crippen MR) is 101 cm³/mol. The highest BCUT2D eigenvalue weighted by atomic mass is 19.1. The minimum atomic E-state index is -0.312. The van der Waals surface area contributed by atoms with Gasteiger partial charge in [0.05, 0.1) is 13.7 Å². The smallest absolute Gasteiger partial charge is 0.322 e. The number of carbonyl (C=O) groups excluding carboxylic acids is 1. The summed E-state index contributed by atoms with van der Waals surface area (Å²) in [4.78, 5) is 14.5. The average Bonchev–Trinajstić information content (AvgIpc) is 3.08. The van der Waals surface area contributed by atoms with Crippen LogP contribution in [0.15, 0.2) is 65.1 Å². The molecule has 3 rings (SSSR count). The van der Waals surface area contributed by atoms with Gasteiger partial charge in [0.15, 0.2) is 0 Å². The van der Waals surface area contributed by atoms with E-state index in [1.165, 1.54) is 12.1 Å². The van der Waals surface area contributed by atoms with E-state index in [0.29, 0.717) is 30.3 Å². The number of ether oxygens (including phenoxy) is 1. The van der Waals surface area contributed by atoms with Crippen molar-refractivity contribution < 1.29 is 18.3 Å². The van der Waals surface area contributed by atoms with Gasteiger partial charge < -0.3 is 19.4 Å². The van der Waals surface area contributed by atoms with Gasteiger partial charge in [-0.05, 0) is 48.9 Å². The van der Waals surface area contributed by atoms with E-state index in [2.05, 4.69) is 5.32 Å². The molecule has 140 valence electrons. The molecule has 0 saturated carbocycles. The van der Waals surface area contributed by atoms with Gasteiger partial charge in [-0.3, -0.25) is 0 Å². The Morgan fingerprint density at radius 3 is 2.56 bits per heavy atom. The van der Waals surface area contributed by atoms with Crippen LogP contribution in [-0.4, -0.2) is 18.0 Å². The lowest BCUT2D eigenvalue weighted by Gasteiger charge is -2.22. The third kappa shape index (κ3) is 5.10. The maximum Gasteiger partial charge on any atom is 0.322 e. The first-order valence-electron chi connectivity index (χ1n) is 8.53. The van der Waals surface area contributed by atoms with Crippen LogP contribution in [0.25, 0.3) is 0 Å². The van der Waals surface area contributed by atoms with Crippen LogP contribution >= 0.6 is 0 Å². The summed E-state index contributed by atoms with van der Waals surface area (Å²) in [6, 6.07) is 16.6. The lowest BCUT2D eigenvalue weighted by molar-refractivity contribution is 0.201. The van der Waals surface area contributed by atoms with Gasteiger partial charge in [-0.25, -0.2) is 9.18 Å². The summed E-state index contributed by atoms with van der Waals surface area (Å²) in [7, 11) is 1.57. The Morgan fingerprint density at radius 1 is 1.11 bits per heavy atom. The van der Waals surface area contributed by atoms with E-state index in [4.69, 9.17) is 9.15 Å². The van der Waals surface area contributed by atoms with Gasteiger partial charge in [-0.2, -0.15) is 0 Å². The Hall–Kier alpha value is -3.28. The molecule has 0 aliphatic rings. The van der Waals surface area contributed by atoms with Crippen LogP contribution in [0.1, 0.15) is 17.1 Å². The van der Waals surface area contributed by atoms with Crippen molar-refractivity contribution in [3.05, 3.63) is 83.6 Å². The number of nitrogens with zero attached hydrogens (tertiary/aromatic N) is 1. The molecule has 1 N–H and O–H groups in total. The first-order valence-corrected chi connectivity index (χ1v) is 8.53. The van der Waals surface area contributed by atoms with Crippen molar-refractivity contribution >= 4 is 11.7 Å². The van der Waals surface area contributed by atoms with Crippen LogP contribution in [0.2, 0.25) is 0 Å². The number of halogens is 1. The number of hydrogen-bond acceptors (Lipinski definition) is 3. The molecular weight excluding hydrogens is 347 g/mol. The van der Waals surface area contributed by atoms with E-state index in [9.17, 15) is 9.18 Å². The number of furan rings is 1. The molecule has 0 radical (unpaired) electrons. The summed E-state index contributed by atoms with van der Waals surface area (Å²) in [5.41, 5.74) is 1.44. The zero-order valence-corrected chi connectivity index (χ0v) is 15.2. The summed E-state index contributed by atoms with van der Waals surface area (Å²) in [5.74, 6) is 1.79. The lowest BCUT2D eigenvalue weighted by atomic mass is 10.2. The molecule has 1 aromatic heterocycles.